The lowest BCUT2D eigenvalue weighted by Crippen LogP contribution is -2.39. The first-order valence-electron chi connectivity index (χ1n) is 8.21. The summed E-state index contributed by atoms with van der Waals surface area (Å²) in [6.07, 6.45) is -0.268. The van der Waals surface area contributed by atoms with Gasteiger partial charge in [0.1, 0.15) is 0 Å². The fourth-order valence-corrected chi connectivity index (χ4v) is 3.61. The summed E-state index contributed by atoms with van der Waals surface area (Å²) in [7, 11) is 0. The van der Waals surface area contributed by atoms with Gasteiger partial charge >= 0.3 is 0 Å². The quantitative estimate of drug-likeness (QED) is 0.561. The van der Waals surface area contributed by atoms with Gasteiger partial charge in [0.2, 0.25) is 0 Å². The number of carbonyl (C=O) groups excluding carboxylic acids is 1. The summed E-state index contributed by atoms with van der Waals surface area (Å²) in [6.45, 7) is 2.31. The second-order valence-corrected chi connectivity index (χ2v) is 7.47. The minimum atomic E-state index is -0.720. The van der Waals surface area contributed by atoms with Gasteiger partial charge in [-0.3, -0.25) is 4.79 Å². The van der Waals surface area contributed by atoms with E-state index in [0.29, 0.717) is 23.0 Å². The average molecular weight is 416 g/mol. The molecule has 0 bridgehead atoms. The van der Waals surface area contributed by atoms with Crippen LogP contribution in [-0.4, -0.2) is 24.3 Å². The molecule has 2 aromatic carbocycles. The van der Waals surface area contributed by atoms with E-state index in [9.17, 15) is 9.18 Å². The SMILES string of the molecule is CC[C@@H](Oc1ccccc1F)C(=O)NCCSCc1ccc(Cl)cc1Cl. The highest BCUT2D eigenvalue weighted by Crippen LogP contribution is 2.24. The molecular formula is C19H20Cl2FNO2S. The van der Waals surface area contributed by atoms with E-state index in [0.717, 1.165) is 17.1 Å². The average Bonchev–Trinajstić information content (AvgIpc) is 2.62. The van der Waals surface area contributed by atoms with Gasteiger partial charge in [0.25, 0.3) is 5.91 Å². The zero-order valence-corrected chi connectivity index (χ0v) is 16.6. The number of halogens is 3. The number of nitrogens with one attached hydrogen (secondary N) is 1. The van der Waals surface area contributed by atoms with Gasteiger partial charge in [-0.25, -0.2) is 4.39 Å². The maximum Gasteiger partial charge on any atom is 0.261 e. The number of para-hydroxylation sites is 1. The molecule has 0 aromatic heterocycles. The molecule has 0 saturated carbocycles. The maximum absolute atomic E-state index is 13.6. The zero-order chi connectivity index (χ0) is 18.9. The van der Waals surface area contributed by atoms with E-state index >= 15 is 0 Å². The summed E-state index contributed by atoms with van der Waals surface area (Å²) in [4.78, 5) is 12.2. The first kappa shape index (κ1) is 20.9. The Kier molecular flexibility index (Phi) is 8.55. The molecule has 2 aromatic rings. The van der Waals surface area contributed by atoms with Crippen LogP contribution in [0.5, 0.6) is 5.75 Å². The van der Waals surface area contributed by atoms with E-state index in [1.165, 1.54) is 12.1 Å². The second kappa shape index (κ2) is 10.7. The normalized spacial score (nSPS) is 11.8. The number of hydrogen-bond acceptors (Lipinski definition) is 3. The fraction of sp³-hybridized carbons (Fsp3) is 0.316. The van der Waals surface area contributed by atoms with Gasteiger partial charge in [0.05, 0.1) is 0 Å². The first-order valence-corrected chi connectivity index (χ1v) is 10.1. The minimum Gasteiger partial charge on any atom is -0.478 e. The number of rotatable bonds is 9. The topological polar surface area (TPSA) is 38.3 Å². The van der Waals surface area contributed by atoms with Crippen LogP contribution in [0, 0.1) is 5.82 Å². The number of ether oxygens (including phenoxy) is 1. The molecule has 1 N–H and O–H groups in total. The van der Waals surface area contributed by atoms with E-state index in [-0.39, 0.29) is 11.7 Å². The van der Waals surface area contributed by atoms with E-state index in [1.807, 2.05) is 13.0 Å². The van der Waals surface area contributed by atoms with Crippen molar-refractivity contribution in [3.8, 4) is 5.75 Å². The third kappa shape index (κ3) is 6.38. The molecule has 7 heteroatoms. The Hall–Kier alpha value is -1.43. The summed E-state index contributed by atoms with van der Waals surface area (Å²) < 4.78 is 19.1. The van der Waals surface area contributed by atoms with Crippen LogP contribution in [0.3, 0.4) is 0 Å². The Morgan fingerprint density at radius 1 is 1.27 bits per heavy atom. The molecule has 0 heterocycles. The van der Waals surface area contributed by atoms with Crippen molar-refractivity contribution < 1.29 is 13.9 Å². The molecule has 1 amide bonds. The van der Waals surface area contributed by atoms with Gasteiger partial charge in [0.15, 0.2) is 17.7 Å². The van der Waals surface area contributed by atoms with Gasteiger partial charge in [0, 0.05) is 28.1 Å². The van der Waals surface area contributed by atoms with Crippen molar-refractivity contribution in [2.45, 2.75) is 25.2 Å². The Bertz CT molecular complexity index is 745. The number of hydrogen-bond donors (Lipinski definition) is 1. The van der Waals surface area contributed by atoms with Crippen LogP contribution in [0.1, 0.15) is 18.9 Å². The molecule has 26 heavy (non-hydrogen) atoms. The van der Waals surface area contributed by atoms with Crippen LogP contribution in [0.15, 0.2) is 42.5 Å². The predicted octanol–water partition coefficient (Wildman–Crippen LogP) is 5.34. The second-order valence-electron chi connectivity index (χ2n) is 5.52. The number of carbonyl (C=O) groups is 1. The highest BCUT2D eigenvalue weighted by atomic mass is 35.5. The van der Waals surface area contributed by atoms with Crippen molar-refractivity contribution in [1.82, 2.24) is 5.32 Å². The van der Waals surface area contributed by atoms with Crippen molar-refractivity contribution in [1.29, 1.82) is 0 Å². The number of amides is 1. The summed E-state index contributed by atoms with van der Waals surface area (Å²) in [5, 5.41) is 4.07. The van der Waals surface area contributed by atoms with Crippen LogP contribution in [0.2, 0.25) is 10.0 Å². The molecule has 0 unspecified atom stereocenters. The van der Waals surface area contributed by atoms with E-state index in [1.54, 1.807) is 36.0 Å². The van der Waals surface area contributed by atoms with E-state index in [4.69, 9.17) is 27.9 Å². The Morgan fingerprint density at radius 3 is 2.73 bits per heavy atom. The standard InChI is InChI=1S/C19H20Cl2FNO2S/c1-2-17(25-18-6-4-3-5-16(18)22)19(24)23-9-10-26-12-13-7-8-14(20)11-15(13)21/h3-8,11,17H,2,9-10,12H2,1H3,(H,23,24)/t17-/m1/s1. The summed E-state index contributed by atoms with van der Waals surface area (Å²) in [5.41, 5.74) is 1.00. The van der Waals surface area contributed by atoms with Gasteiger partial charge in [-0.2, -0.15) is 11.8 Å². The van der Waals surface area contributed by atoms with Crippen molar-refractivity contribution >= 4 is 40.9 Å². The molecule has 0 aliphatic heterocycles. The zero-order valence-electron chi connectivity index (χ0n) is 14.3. The molecule has 140 valence electrons. The molecule has 2 rings (SSSR count). The van der Waals surface area contributed by atoms with Crippen LogP contribution in [-0.2, 0) is 10.5 Å². The number of thioether (sulfide) groups is 1. The fourth-order valence-electron chi connectivity index (χ4n) is 2.20. The van der Waals surface area contributed by atoms with Crippen LogP contribution >= 0.6 is 35.0 Å². The molecule has 0 spiro atoms. The van der Waals surface area contributed by atoms with Gasteiger partial charge in [-0.05, 0) is 36.2 Å². The molecule has 0 fully saturated rings. The lowest BCUT2D eigenvalue weighted by Gasteiger charge is -2.17. The van der Waals surface area contributed by atoms with Crippen LogP contribution in [0.25, 0.3) is 0 Å². The van der Waals surface area contributed by atoms with Crippen molar-refractivity contribution in [3.63, 3.8) is 0 Å². The van der Waals surface area contributed by atoms with E-state index in [2.05, 4.69) is 5.32 Å². The van der Waals surface area contributed by atoms with Crippen LogP contribution in [0.4, 0.5) is 4.39 Å². The Labute approximate surface area is 167 Å². The molecule has 3 nitrogen and oxygen atoms in total. The third-order valence-corrected chi connectivity index (χ3v) is 5.18. The maximum atomic E-state index is 13.6. The lowest BCUT2D eigenvalue weighted by atomic mass is 10.2. The highest BCUT2D eigenvalue weighted by molar-refractivity contribution is 7.98. The Balaban J connectivity index is 1.74. The molecule has 0 aliphatic rings. The lowest BCUT2D eigenvalue weighted by molar-refractivity contribution is -0.128. The third-order valence-electron chi connectivity index (χ3n) is 3.59. The van der Waals surface area contributed by atoms with Gasteiger partial charge in [-0.1, -0.05) is 48.3 Å². The summed E-state index contributed by atoms with van der Waals surface area (Å²) >= 11 is 13.7. The minimum absolute atomic E-state index is 0.0845. The first-order chi connectivity index (χ1) is 12.5. The predicted molar refractivity (Wildman–Crippen MR) is 107 cm³/mol. The van der Waals surface area contributed by atoms with Crippen molar-refractivity contribution in [2.24, 2.45) is 0 Å². The van der Waals surface area contributed by atoms with Crippen molar-refractivity contribution in [3.05, 3.63) is 63.9 Å². The van der Waals surface area contributed by atoms with Gasteiger partial charge < -0.3 is 10.1 Å². The largest absolute Gasteiger partial charge is 0.478 e. The summed E-state index contributed by atoms with van der Waals surface area (Å²) in [6, 6.07) is 11.5. The van der Waals surface area contributed by atoms with Gasteiger partial charge in [-0.15, -0.1) is 0 Å². The van der Waals surface area contributed by atoms with E-state index < -0.39 is 11.9 Å². The van der Waals surface area contributed by atoms with Crippen molar-refractivity contribution in [2.75, 3.05) is 12.3 Å². The smallest absolute Gasteiger partial charge is 0.261 e. The number of benzene rings is 2. The monoisotopic (exact) mass is 415 g/mol. The molecule has 0 radical (unpaired) electrons. The molecule has 0 aliphatic carbocycles. The molecular weight excluding hydrogens is 396 g/mol. The Morgan fingerprint density at radius 2 is 2.04 bits per heavy atom. The highest BCUT2D eigenvalue weighted by Gasteiger charge is 2.19. The van der Waals surface area contributed by atoms with Crippen LogP contribution < -0.4 is 10.1 Å². The summed E-state index contributed by atoms with van der Waals surface area (Å²) in [5.74, 6) is 0.812. The molecule has 0 saturated heterocycles. The molecule has 1 atom stereocenters.